The predicted molar refractivity (Wildman–Crippen MR) is 133 cm³/mol. The summed E-state index contributed by atoms with van der Waals surface area (Å²) in [4.78, 5) is 26.5. The highest BCUT2D eigenvalue weighted by Crippen LogP contribution is 2.43. The molecular formula is C26H32ClNO4S. The summed E-state index contributed by atoms with van der Waals surface area (Å²) in [5.41, 5.74) is 0.763. The number of allylic oxidation sites excluding steroid dienone is 1. The fourth-order valence-electron chi connectivity index (χ4n) is 5.09. The zero-order valence-corrected chi connectivity index (χ0v) is 20.7. The van der Waals surface area contributed by atoms with Crippen LogP contribution in [-0.4, -0.2) is 31.1 Å². The maximum atomic E-state index is 13.3. The fourth-order valence-corrected chi connectivity index (χ4v) is 6.34. The lowest BCUT2D eigenvalue weighted by Gasteiger charge is -2.28. The van der Waals surface area contributed by atoms with Crippen molar-refractivity contribution in [1.82, 2.24) is 0 Å². The summed E-state index contributed by atoms with van der Waals surface area (Å²) in [7, 11) is 0. The summed E-state index contributed by atoms with van der Waals surface area (Å²) in [6.07, 6.45) is 11.9. The monoisotopic (exact) mass is 489 g/mol. The number of nitrogens with one attached hydrogen (secondary N) is 1. The van der Waals surface area contributed by atoms with Gasteiger partial charge in [-0.2, -0.15) is 0 Å². The quantitative estimate of drug-likeness (QED) is 0.280. The Balaban J connectivity index is 1.55. The van der Waals surface area contributed by atoms with Gasteiger partial charge in [-0.3, -0.25) is 4.79 Å². The van der Waals surface area contributed by atoms with Crippen molar-refractivity contribution < 1.29 is 19.1 Å². The van der Waals surface area contributed by atoms with Crippen LogP contribution < -0.4 is 5.32 Å². The van der Waals surface area contributed by atoms with Gasteiger partial charge in [0.1, 0.15) is 5.57 Å². The Kier molecular flexibility index (Phi) is 8.55. The average Bonchev–Trinajstić information content (AvgIpc) is 3.33. The number of esters is 1. The molecule has 1 saturated heterocycles. The molecule has 0 radical (unpaired) electrons. The molecular weight excluding hydrogens is 458 g/mol. The number of hydrogen-bond donors (Lipinski definition) is 1. The molecule has 2 unspecified atom stereocenters. The molecule has 2 aliphatic heterocycles. The van der Waals surface area contributed by atoms with Gasteiger partial charge >= 0.3 is 5.97 Å². The number of hydrogen-bond acceptors (Lipinski definition) is 6. The number of thioether (sulfide) groups is 1. The third-order valence-corrected chi connectivity index (χ3v) is 7.99. The molecule has 1 aromatic carbocycles. The minimum atomic E-state index is -0.605. The van der Waals surface area contributed by atoms with E-state index in [2.05, 4.69) is 5.32 Å². The van der Waals surface area contributed by atoms with Gasteiger partial charge in [-0.15, -0.1) is 0 Å². The number of carbonyl (C=O) groups excluding carboxylic acids is 2. The van der Waals surface area contributed by atoms with Gasteiger partial charge < -0.3 is 14.8 Å². The molecule has 2 heterocycles. The number of carbonyl (C=O) groups is 2. The second-order valence-electron chi connectivity index (χ2n) is 8.92. The molecule has 0 aromatic heterocycles. The van der Waals surface area contributed by atoms with Crippen LogP contribution in [0.4, 0.5) is 5.69 Å². The van der Waals surface area contributed by atoms with Crippen LogP contribution in [0.15, 0.2) is 45.8 Å². The lowest BCUT2D eigenvalue weighted by atomic mass is 9.78. The second-order valence-corrected chi connectivity index (χ2v) is 10.4. The van der Waals surface area contributed by atoms with E-state index in [1.165, 1.54) is 56.7 Å². The maximum Gasteiger partial charge on any atom is 0.344 e. The third-order valence-electron chi connectivity index (χ3n) is 6.71. The standard InChI is InChI=1S/C26H32ClNO4S/c1-2-31-26(30)23-24(29)22(33-25(23)28-19-12-8-11-18(27)15-19)16-21-20(13-14-32-21)17-9-6-4-3-5-7-10-17/h8,11-12,15-17,20-21,28H,2-7,9-10,13-14H2,1H3/b22-16-. The molecule has 33 heavy (non-hydrogen) atoms. The number of benzene rings is 1. The van der Waals surface area contributed by atoms with E-state index in [1.54, 1.807) is 19.1 Å². The molecule has 178 valence electrons. The zero-order valence-electron chi connectivity index (χ0n) is 19.1. The summed E-state index contributed by atoms with van der Waals surface area (Å²) in [5, 5.41) is 4.25. The van der Waals surface area contributed by atoms with E-state index in [1.807, 2.05) is 18.2 Å². The Morgan fingerprint density at radius 3 is 2.70 bits per heavy atom. The van der Waals surface area contributed by atoms with Crippen molar-refractivity contribution >= 4 is 40.8 Å². The van der Waals surface area contributed by atoms with Gasteiger partial charge in [0.05, 0.1) is 22.6 Å². The van der Waals surface area contributed by atoms with Gasteiger partial charge in [0.2, 0.25) is 5.78 Å². The average molecular weight is 490 g/mol. The van der Waals surface area contributed by atoms with E-state index in [9.17, 15) is 9.59 Å². The number of Topliss-reactive ketones (excluding diaryl/α,β-unsaturated/α-hetero) is 1. The Labute approximate surface area is 205 Å². The van der Waals surface area contributed by atoms with Gasteiger partial charge in [0, 0.05) is 17.3 Å². The third kappa shape index (κ3) is 6.03. The van der Waals surface area contributed by atoms with Gasteiger partial charge in [-0.25, -0.2) is 4.79 Å². The molecule has 0 amide bonds. The Morgan fingerprint density at radius 2 is 1.97 bits per heavy atom. The highest BCUT2D eigenvalue weighted by Gasteiger charge is 2.39. The van der Waals surface area contributed by atoms with Gasteiger partial charge in [0.15, 0.2) is 0 Å². The minimum Gasteiger partial charge on any atom is -0.462 e. The van der Waals surface area contributed by atoms with E-state index in [4.69, 9.17) is 21.1 Å². The van der Waals surface area contributed by atoms with E-state index in [0.29, 0.717) is 32.5 Å². The van der Waals surface area contributed by atoms with Crippen LogP contribution >= 0.6 is 23.4 Å². The van der Waals surface area contributed by atoms with Crippen molar-refractivity contribution in [1.29, 1.82) is 0 Å². The van der Waals surface area contributed by atoms with Crippen LogP contribution in [0, 0.1) is 11.8 Å². The van der Waals surface area contributed by atoms with Gasteiger partial charge in [0.25, 0.3) is 0 Å². The molecule has 7 heteroatoms. The lowest BCUT2D eigenvalue weighted by Crippen LogP contribution is -2.24. The number of halogens is 1. The molecule has 2 atom stereocenters. The van der Waals surface area contributed by atoms with Crippen molar-refractivity contribution in [3.63, 3.8) is 0 Å². The van der Waals surface area contributed by atoms with E-state index >= 15 is 0 Å². The highest BCUT2D eigenvalue weighted by atomic mass is 35.5. The molecule has 0 spiro atoms. The Hall–Kier alpha value is -1.76. The van der Waals surface area contributed by atoms with Crippen LogP contribution in [0.5, 0.6) is 0 Å². The first-order chi connectivity index (χ1) is 16.1. The van der Waals surface area contributed by atoms with Gasteiger partial charge in [-0.1, -0.05) is 74.4 Å². The first kappa shape index (κ1) is 24.4. The molecule has 3 aliphatic rings. The molecule has 1 N–H and O–H groups in total. The first-order valence-corrected chi connectivity index (χ1v) is 13.3. The summed E-state index contributed by atoms with van der Waals surface area (Å²) < 4.78 is 11.3. The molecule has 1 saturated carbocycles. The zero-order chi connectivity index (χ0) is 23.2. The fraction of sp³-hybridized carbons (Fsp3) is 0.538. The van der Waals surface area contributed by atoms with Crippen molar-refractivity contribution in [2.75, 3.05) is 18.5 Å². The minimum absolute atomic E-state index is 0.0496. The Bertz CT molecular complexity index is 936. The molecule has 5 nitrogen and oxygen atoms in total. The Morgan fingerprint density at radius 1 is 1.21 bits per heavy atom. The van der Waals surface area contributed by atoms with Gasteiger partial charge in [-0.05, 0) is 49.5 Å². The summed E-state index contributed by atoms with van der Waals surface area (Å²) in [6, 6.07) is 7.20. The van der Waals surface area contributed by atoms with Crippen LogP contribution in [0.1, 0.15) is 58.3 Å². The largest absolute Gasteiger partial charge is 0.462 e. The molecule has 2 fully saturated rings. The van der Waals surface area contributed by atoms with E-state index in [0.717, 1.165) is 13.0 Å². The van der Waals surface area contributed by atoms with E-state index in [-0.39, 0.29) is 24.1 Å². The summed E-state index contributed by atoms with van der Waals surface area (Å²) in [5.74, 6) is 0.166. The van der Waals surface area contributed by atoms with Crippen LogP contribution in [-0.2, 0) is 19.1 Å². The lowest BCUT2D eigenvalue weighted by molar-refractivity contribution is -0.139. The number of anilines is 1. The molecule has 1 aromatic rings. The topological polar surface area (TPSA) is 64.6 Å². The molecule has 0 bridgehead atoms. The highest BCUT2D eigenvalue weighted by molar-refractivity contribution is 8.08. The molecule has 1 aliphatic carbocycles. The van der Waals surface area contributed by atoms with Crippen molar-refractivity contribution in [2.24, 2.45) is 11.8 Å². The van der Waals surface area contributed by atoms with Crippen LogP contribution in [0.25, 0.3) is 0 Å². The maximum absolute atomic E-state index is 13.3. The van der Waals surface area contributed by atoms with Crippen LogP contribution in [0.2, 0.25) is 5.02 Å². The first-order valence-electron chi connectivity index (χ1n) is 12.1. The van der Waals surface area contributed by atoms with Crippen LogP contribution in [0.3, 0.4) is 0 Å². The predicted octanol–water partition coefficient (Wildman–Crippen LogP) is 6.49. The summed E-state index contributed by atoms with van der Waals surface area (Å²) in [6.45, 7) is 2.66. The van der Waals surface area contributed by atoms with Crippen molar-refractivity contribution in [2.45, 2.75) is 64.4 Å². The molecule has 4 rings (SSSR count). The van der Waals surface area contributed by atoms with E-state index < -0.39 is 5.97 Å². The number of rotatable bonds is 6. The normalized spacial score (nSPS) is 25.9. The number of ether oxygens (including phenoxy) is 2. The number of ketones is 1. The second kappa shape index (κ2) is 11.6. The van der Waals surface area contributed by atoms with Crippen molar-refractivity contribution in [3.05, 3.63) is 50.9 Å². The van der Waals surface area contributed by atoms with Crippen molar-refractivity contribution in [3.8, 4) is 0 Å². The summed E-state index contributed by atoms with van der Waals surface area (Å²) >= 11 is 7.39. The SMILES string of the molecule is CCOC(=O)C1=C(Nc2cccc(Cl)c2)S/C(=C\C2OCCC2C2CCCCCCC2)C1=O. The smallest absolute Gasteiger partial charge is 0.344 e.